The normalized spacial score (nSPS) is 15.0. The van der Waals surface area contributed by atoms with Gasteiger partial charge in [0.25, 0.3) is 0 Å². The van der Waals surface area contributed by atoms with Crippen LogP contribution >= 0.6 is 0 Å². The van der Waals surface area contributed by atoms with Gasteiger partial charge >= 0.3 is 5.97 Å². The molecular weight excluding hydrogens is 170 g/mol. The fourth-order valence-corrected chi connectivity index (χ4v) is 1.07. The number of hydrogen-bond donors (Lipinski definition) is 1. The SMILES string of the molecule is COC(=O)[C@@](C)(CN)n1ccnc1. The average Bonchev–Trinajstić information content (AvgIpc) is 2.68. The van der Waals surface area contributed by atoms with Crippen LogP contribution in [0.25, 0.3) is 0 Å². The number of nitrogens with two attached hydrogens (primary N) is 1. The van der Waals surface area contributed by atoms with Gasteiger partial charge in [0.05, 0.1) is 13.4 Å². The lowest BCUT2D eigenvalue weighted by Crippen LogP contribution is -2.45. The van der Waals surface area contributed by atoms with Crippen molar-refractivity contribution < 1.29 is 9.53 Å². The molecule has 5 nitrogen and oxygen atoms in total. The first kappa shape index (κ1) is 9.73. The molecule has 0 bridgehead atoms. The van der Waals surface area contributed by atoms with Gasteiger partial charge in [0.15, 0.2) is 5.54 Å². The van der Waals surface area contributed by atoms with Crippen LogP contribution in [0.3, 0.4) is 0 Å². The second-order valence-electron chi connectivity index (χ2n) is 2.94. The molecule has 0 aromatic carbocycles. The Morgan fingerprint density at radius 1 is 1.77 bits per heavy atom. The third-order valence-electron chi connectivity index (χ3n) is 2.10. The van der Waals surface area contributed by atoms with Crippen molar-refractivity contribution in [2.45, 2.75) is 12.5 Å². The Hall–Kier alpha value is -1.36. The van der Waals surface area contributed by atoms with Crippen LogP contribution in [0, 0.1) is 0 Å². The Morgan fingerprint density at radius 2 is 2.46 bits per heavy atom. The molecule has 0 spiro atoms. The first-order valence-corrected chi connectivity index (χ1v) is 3.92. The van der Waals surface area contributed by atoms with Gasteiger partial charge in [-0.3, -0.25) is 0 Å². The van der Waals surface area contributed by atoms with E-state index in [1.807, 2.05) is 0 Å². The summed E-state index contributed by atoms with van der Waals surface area (Å²) in [6.45, 7) is 1.89. The standard InChI is InChI=1S/C8H13N3O2/c1-8(5-9,7(12)13-2)11-4-3-10-6-11/h3-4,6H,5,9H2,1-2H3/t8-/m1/s1. The molecule has 13 heavy (non-hydrogen) atoms. The Morgan fingerprint density at radius 3 is 2.85 bits per heavy atom. The third-order valence-corrected chi connectivity index (χ3v) is 2.10. The molecule has 1 heterocycles. The number of esters is 1. The predicted octanol–water partition coefficient (Wildman–Crippen LogP) is -0.270. The van der Waals surface area contributed by atoms with Crippen molar-refractivity contribution in [3.63, 3.8) is 0 Å². The van der Waals surface area contributed by atoms with E-state index >= 15 is 0 Å². The summed E-state index contributed by atoms with van der Waals surface area (Å²) in [7, 11) is 1.34. The predicted molar refractivity (Wildman–Crippen MR) is 46.9 cm³/mol. The highest BCUT2D eigenvalue weighted by molar-refractivity contribution is 5.78. The van der Waals surface area contributed by atoms with Crippen molar-refractivity contribution in [2.24, 2.45) is 5.73 Å². The molecule has 1 atom stereocenters. The number of hydrogen-bond acceptors (Lipinski definition) is 4. The van der Waals surface area contributed by atoms with Crippen molar-refractivity contribution in [3.8, 4) is 0 Å². The zero-order chi connectivity index (χ0) is 9.90. The zero-order valence-corrected chi connectivity index (χ0v) is 7.73. The molecule has 0 saturated heterocycles. The maximum atomic E-state index is 11.4. The number of carbonyl (C=O) groups excluding carboxylic acids is 1. The number of rotatable bonds is 3. The minimum Gasteiger partial charge on any atom is -0.467 e. The number of methoxy groups -OCH3 is 1. The smallest absolute Gasteiger partial charge is 0.333 e. The van der Waals surface area contributed by atoms with Crippen LogP contribution in [-0.2, 0) is 15.1 Å². The van der Waals surface area contributed by atoms with E-state index in [1.54, 1.807) is 30.2 Å². The van der Waals surface area contributed by atoms with Crippen molar-refractivity contribution in [2.75, 3.05) is 13.7 Å². The maximum Gasteiger partial charge on any atom is 0.333 e. The van der Waals surface area contributed by atoms with Crippen molar-refractivity contribution in [1.29, 1.82) is 0 Å². The highest BCUT2D eigenvalue weighted by atomic mass is 16.5. The minimum absolute atomic E-state index is 0.177. The number of aromatic nitrogens is 2. The van der Waals surface area contributed by atoms with E-state index in [4.69, 9.17) is 5.73 Å². The van der Waals surface area contributed by atoms with E-state index in [2.05, 4.69) is 9.72 Å². The van der Waals surface area contributed by atoms with Crippen LogP contribution in [0.15, 0.2) is 18.7 Å². The third kappa shape index (κ3) is 1.55. The summed E-state index contributed by atoms with van der Waals surface area (Å²) in [6.07, 6.45) is 4.82. The lowest BCUT2D eigenvalue weighted by molar-refractivity contribution is -0.149. The first-order valence-electron chi connectivity index (χ1n) is 3.92. The summed E-state index contributed by atoms with van der Waals surface area (Å²) in [6, 6.07) is 0. The molecule has 0 aliphatic rings. The number of ether oxygens (including phenoxy) is 1. The molecule has 5 heteroatoms. The second kappa shape index (κ2) is 3.57. The fourth-order valence-electron chi connectivity index (χ4n) is 1.07. The van der Waals surface area contributed by atoms with Crippen LogP contribution in [0.1, 0.15) is 6.92 Å². The van der Waals surface area contributed by atoms with Gasteiger partial charge in [-0.1, -0.05) is 0 Å². The average molecular weight is 183 g/mol. The van der Waals surface area contributed by atoms with Gasteiger partial charge in [0.2, 0.25) is 0 Å². The van der Waals surface area contributed by atoms with Crippen molar-refractivity contribution >= 4 is 5.97 Å². The second-order valence-corrected chi connectivity index (χ2v) is 2.94. The van der Waals surface area contributed by atoms with E-state index in [0.717, 1.165) is 0 Å². The topological polar surface area (TPSA) is 70.1 Å². The van der Waals surface area contributed by atoms with Crippen LogP contribution in [-0.4, -0.2) is 29.2 Å². The monoisotopic (exact) mass is 183 g/mol. The van der Waals surface area contributed by atoms with Crippen LogP contribution in [0.4, 0.5) is 0 Å². The number of nitrogens with zero attached hydrogens (tertiary/aromatic N) is 2. The maximum absolute atomic E-state index is 11.4. The molecule has 0 aliphatic heterocycles. The lowest BCUT2D eigenvalue weighted by Gasteiger charge is -2.26. The first-order chi connectivity index (χ1) is 6.15. The Labute approximate surface area is 76.5 Å². The van der Waals surface area contributed by atoms with Crippen LogP contribution in [0.5, 0.6) is 0 Å². The number of imidazole rings is 1. The van der Waals surface area contributed by atoms with E-state index in [0.29, 0.717) is 0 Å². The minimum atomic E-state index is -0.856. The van der Waals surface area contributed by atoms with Gasteiger partial charge in [-0.25, -0.2) is 9.78 Å². The summed E-state index contributed by atoms with van der Waals surface area (Å²) < 4.78 is 6.30. The molecule has 0 radical (unpaired) electrons. The summed E-state index contributed by atoms with van der Waals surface area (Å²) in [5.74, 6) is -0.368. The molecule has 0 unspecified atom stereocenters. The molecule has 0 saturated carbocycles. The van der Waals surface area contributed by atoms with Gasteiger partial charge in [0.1, 0.15) is 0 Å². The zero-order valence-electron chi connectivity index (χ0n) is 7.73. The summed E-state index contributed by atoms with van der Waals surface area (Å²) in [4.78, 5) is 15.3. The van der Waals surface area contributed by atoms with Gasteiger partial charge in [-0.05, 0) is 6.92 Å². The van der Waals surface area contributed by atoms with Gasteiger partial charge in [-0.15, -0.1) is 0 Å². The van der Waals surface area contributed by atoms with Crippen molar-refractivity contribution in [1.82, 2.24) is 9.55 Å². The highest BCUT2D eigenvalue weighted by Gasteiger charge is 2.34. The van der Waals surface area contributed by atoms with Gasteiger partial charge in [-0.2, -0.15) is 0 Å². The molecule has 2 N–H and O–H groups in total. The van der Waals surface area contributed by atoms with Gasteiger partial charge < -0.3 is 15.0 Å². The molecule has 72 valence electrons. The Balaban J connectivity index is 3.01. The van der Waals surface area contributed by atoms with E-state index in [9.17, 15) is 4.79 Å². The molecule has 0 aliphatic carbocycles. The summed E-state index contributed by atoms with van der Waals surface area (Å²) >= 11 is 0. The molecule has 1 aromatic heterocycles. The molecule has 0 fully saturated rings. The van der Waals surface area contributed by atoms with E-state index < -0.39 is 5.54 Å². The van der Waals surface area contributed by atoms with E-state index in [1.165, 1.54) is 7.11 Å². The number of carbonyl (C=O) groups is 1. The fraction of sp³-hybridized carbons (Fsp3) is 0.500. The summed E-state index contributed by atoms with van der Waals surface area (Å²) in [5.41, 5.74) is 4.67. The van der Waals surface area contributed by atoms with E-state index in [-0.39, 0.29) is 12.5 Å². The Kier molecular flexibility index (Phi) is 2.67. The molecular formula is C8H13N3O2. The quantitative estimate of drug-likeness (QED) is 0.655. The highest BCUT2D eigenvalue weighted by Crippen LogP contribution is 2.15. The largest absolute Gasteiger partial charge is 0.467 e. The molecule has 1 rings (SSSR count). The lowest BCUT2D eigenvalue weighted by atomic mass is 10.0. The van der Waals surface area contributed by atoms with Crippen LogP contribution < -0.4 is 5.73 Å². The summed E-state index contributed by atoms with van der Waals surface area (Å²) in [5, 5.41) is 0. The molecule has 1 aromatic rings. The van der Waals surface area contributed by atoms with Crippen molar-refractivity contribution in [3.05, 3.63) is 18.7 Å². The van der Waals surface area contributed by atoms with Gasteiger partial charge in [0, 0.05) is 18.9 Å². The van der Waals surface area contributed by atoms with Crippen LogP contribution in [0.2, 0.25) is 0 Å². The molecule has 0 amide bonds. The Bertz CT molecular complexity index is 284.